The minimum absolute atomic E-state index is 0.0149. The molecular weight excluding hydrogens is 609 g/mol. The molecule has 3 aromatic rings. The lowest BCUT2D eigenvalue weighted by atomic mass is 10.1. The second-order valence-corrected chi connectivity index (χ2v) is 12.1. The SMILES string of the molecule is CCCCNC(=O)C(C)N(Cc1cccc(Br)c1)C(=O)CN(c1ccc(F)c(Cl)c1)S(=O)(=O)c1ccccc1. The van der Waals surface area contributed by atoms with Crippen LogP contribution in [-0.2, 0) is 26.2 Å². The molecule has 0 spiro atoms. The zero-order valence-electron chi connectivity index (χ0n) is 21.6. The normalized spacial score (nSPS) is 12.0. The van der Waals surface area contributed by atoms with Crippen LogP contribution in [0.1, 0.15) is 32.3 Å². The van der Waals surface area contributed by atoms with Gasteiger partial charge in [0.1, 0.15) is 18.4 Å². The Balaban J connectivity index is 2.01. The van der Waals surface area contributed by atoms with Gasteiger partial charge in [0.15, 0.2) is 0 Å². The fourth-order valence-electron chi connectivity index (χ4n) is 3.84. The highest BCUT2D eigenvalue weighted by molar-refractivity contribution is 9.10. The number of nitrogens with one attached hydrogen (secondary N) is 1. The summed E-state index contributed by atoms with van der Waals surface area (Å²) in [7, 11) is -4.26. The minimum Gasteiger partial charge on any atom is -0.354 e. The van der Waals surface area contributed by atoms with E-state index in [1.165, 1.54) is 23.1 Å². The molecule has 0 saturated carbocycles. The summed E-state index contributed by atoms with van der Waals surface area (Å²) in [6.45, 7) is 3.48. The fraction of sp³-hybridized carbons (Fsp3) is 0.286. The van der Waals surface area contributed by atoms with Crippen molar-refractivity contribution >= 4 is 55.1 Å². The molecular formula is C28H30BrClFN3O4S. The number of nitrogens with zero attached hydrogens (tertiary/aromatic N) is 2. The van der Waals surface area contributed by atoms with Gasteiger partial charge < -0.3 is 10.2 Å². The number of sulfonamides is 1. The molecule has 0 aromatic heterocycles. The van der Waals surface area contributed by atoms with Crippen molar-refractivity contribution in [2.45, 2.75) is 44.2 Å². The average molecular weight is 639 g/mol. The highest BCUT2D eigenvalue weighted by Crippen LogP contribution is 2.28. The number of anilines is 1. The summed E-state index contributed by atoms with van der Waals surface area (Å²) in [6.07, 6.45) is 1.67. The third-order valence-electron chi connectivity index (χ3n) is 6.04. The number of hydrogen-bond acceptors (Lipinski definition) is 4. The van der Waals surface area contributed by atoms with E-state index >= 15 is 0 Å². The van der Waals surface area contributed by atoms with Crippen LogP contribution in [0.15, 0.2) is 82.2 Å². The quantitative estimate of drug-likeness (QED) is 0.255. The van der Waals surface area contributed by atoms with Gasteiger partial charge in [-0.15, -0.1) is 0 Å². The lowest BCUT2D eigenvalue weighted by molar-refractivity contribution is -0.139. The van der Waals surface area contributed by atoms with E-state index in [0.29, 0.717) is 6.54 Å². The van der Waals surface area contributed by atoms with Crippen molar-refractivity contribution in [1.82, 2.24) is 10.2 Å². The van der Waals surface area contributed by atoms with E-state index < -0.39 is 34.3 Å². The molecule has 1 unspecified atom stereocenters. The molecule has 0 aliphatic carbocycles. The van der Waals surface area contributed by atoms with Gasteiger partial charge in [0.2, 0.25) is 11.8 Å². The molecule has 11 heteroatoms. The number of amides is 2. The van der Waals surface area contributed by atoms with Gasteiger partial charge in [-0.1, -0.05) is 71.2 Å². The van der Waals surface area contributed by atoms with Crippen LogP contribution in [-0.4, -0.2) is 44.3 Å². The van der Waals surface area contributed by atoms with Crippen LogP contribution in [0.4, 0.5) is 10.1 Å². The predicted molar refractivity (Wildman–Crippen MR) is 154 cm³/mol. The maximum absolute atomic E-state index is 13.9. The van der Waals surface area contributed by atoms with E-state index in [1.807, 2.05) is 25.1 Å². The first kappa shape index (κ1) is 30.6. The molecule has 39 heavy (non-hydrogen) atoms. The van der Waals surface area contributed by atoms with Crippen molar-refractivity contribution in [3.8, 4) is 0 Å². The maximum atomic E-state index is 13.9. The zero-order chi connectivity index (χ0) is 28.6. The van der Waals surface area contributed by atoms with E-state index in [4.69, 9.17) is 11.6 Å². The number of carbonyl (C=O) groups excluding carboxylic acids is 2. The first-order valence-electron chi connectivity index (χ1n) is 12.4. The van der Waals surface area contributed by atoms with Crippen molar-refractivity contribution in [3.63, 3.8) is 0 Å². The summed E-state index contributed by atoms with van der Waals surface area (Å²) in [5, 5.41) is 2.55. The summed E-state index contributed by atoms with van der Waals surface area (Å²) in [4.78, 5) is 28.1. The number of carbonyl (C=O) groups is 2. The van der Waals surface area contributed by atoms with Gasteiger partial charge in [0.25, 0.3) is 10.0 Å². The number of hydrogen-bond donors (Lipinski definition) is 1. The molecule has 3 rings (SSSR count). The average Bonchev–Trinajstić information content (AvgIpc) is 2.92. The Morgan fingerprint density at radius 1 is 1.05 bits per heavy atom. The maximum Gasteiger partial charge on any atom is 0.264 e. The van der Waals surface area contributed by atoms with Crippen molar-refractivity contribution in [1.29, 1.82) is 0 Å². The Bertz CT molecular complexity index is 1410. The molecule has 1 atom stereocenters. The number of benzene rings is 3. The van der Waals surface area contributed by atoms with E-state index in [0.717, 1.165) is 39.3 Å². The van der Waals surface area contributed by atoms with Gasteiger partial charge in [-0.3, -0.25) is 13.9 Å². The number of unbranched alkanes of at least 4 members (excludes halogenated alkanes) is 1. The Morgan fingerprint density at radius 3 is 2.41 bits per heavy atom. The van der Waals surface area contributed by atoms with Crippen molar-refractivity contribution in [2.75, 3.05) is 17.4 Å². The van der Waals surface area contributed by atoms with Crippen LogP contribution in [0, 0.1) is 5.82 Å². The molecule has 0 heterocycles. The monoisotopic (exact) mass is 637 g/mol. The Kier molecular flexibility index (Phi) is 10.9. The Labute approximate surface area is 242 Å². The van der Waals surface area contributed by atoms with Gasteiger partial charge in [-0.05, 0) is 61.4 Å². The van der Waals surface area contributed by atoms with Crippen molar-refractivity contribution < 1.29 is 22.4 Å². The molecule has 0 fully saturated rings. The van der Waals surface area contributed by atoms with E-state index in [1.54, 1.807) is 31.2 Å². The first-order valence-corrected chi connectivity index (χ1v) is 15.0. The smallest absolute Gasteiger partial charge is 0.264 e. The van der Waals surface area contributed by atoms with Crippen LogP contribution >= 0.6 is 27.5 Å². The number of rotatable bonds is 12. The minimum atomic E-state index is -4.26. The highest BCUT2D eigenvalue weighted by Gasteiger charge is 2.32. The Morgan fingerprint density at radius 2 is 1.77 bits per heavy atom. The van der Waals surface area contributed by atoms with Crippen molar-refractivity contribution in [2.24, 2.45) is 0 Å². The topological polar surface area (TPSA) is 86.8 Å². The highest BCUT2D eigenvalue weighted by atomic mass is 79.9. The van der Waals surface area contributed by atoms with Crippen LogP contribution in [0.2, 0.25) is 5.02 Å². The van der Waals surface area contributed by atoms with E-state index in [-0.39, 0.29) is 28.1 Å². The Hall–Kier alpha value is -2.95. The molecule has 3 aromatic carbocycles. The van der Waals surface area contributed by atoms with Gasteiger partial charge in [-0.25, -0.2) is 12.8 Å². The summed E-state index contributed by atoms with van der Waals surface area (Å²) in [5.41, 5.74) is 0.759. The number of halogens is 3. The lowest BCUT2D eigenvalue weighted by Crippen LogP contribution is -2.51. The van der Waals surface area contributed by atoms with Gasteiger partial charge in [0, 0.05) is 17.6 Å². The van der Waals surface area contributed by atoms with E-state index in [2.05, 4.69) is 21.2 Å². The molecule has 0 bridgehead atoms. The summed E-state index contributed by atoms with van der Waals surface area (Å²) >= 11 is 9.40. The lowest BCUT2D eigenvalue weighted by Gasteiger charge is -2.32. The molecule has 0 aliphatic heterocycles. The van der Waals surface area contributed by atoms with Crippen LogP contribution < -0.4 is 9.62 Å². The third kappa shape index (κ3) is 8.03. The molecule has 1 N–H and O–H groups in total. The van der Waals surface area contributed by atoms with E-state index in [9.17, 15) is 22.4 Å². The molecule has 208 valence electrons. The second-order valence-electron chi connectivity index (χ2n) is 8.90. The standard InChI is InChI=1S/C28H30BrClFN3O4S/c1-3-4-15-32-28(36)20(2)33(18-21-9-8-10-22(29)16-21)27(35)19-34(23-13-14-26(31)25(30)17-23)39(37,38)24-11-6-5-7-12-24/h5-14,16-17,20H,3-4,15,18-19H2,1-2H3,(H,32,36). The van der Waals surface area contributed by atoms with Crippen molar-refractivity contribution in [3.05, 3.63) is 93.7 Å². The molecule has 0 radical (unpaired) electrons. The first-order chi connectivity index (χ1) is 18.5. The molecule has 0 aliphatic rings. The predicted octanol–water partition coefficient (Wildman–Crippen LogP) is 5.77. The summed E-state index contributed by atoms with van der Waals surface area (Å²) in [5.74, 6) is -1.69. The van der Waals surface area contributed by atoms with Crippen LogP contribution in [0.3, 0.4) is 0 Å². The summed E-state index contributed by atoms with van der Waals surface area (Å²) < 4.78 is 43.0. The molecule has 7 nitrogen and oxygen atoms in total. The zero-order valence-corrected chi connectivity index (χ0v) is 24.8. The molecule has 2 amide bonds. The third-order valence-corrected chi connectivity index (χ3v) is 8.61. The summed E-state index contributed by atoms with van der Waals surface area (Å²) in [6, 6.07) is 17.4. The van der Waals surface area contributed by atoms with Gasteiger partial charge >= 0.3 is 0 Å². The largest absolute Gasteiger partial charge is 0.354 e. The van der Waals surface area contributed by atoms with Gasteiger partial charge in [0.05, 0.1) is 15.6 Å². The molecule has 0 saturated heterocycles. The van der Waals surface area contributed by atoms with Gasteiger partial charge in [-0.2, -0.15) is 0 Å². The second kappa shape index (κ2) is 13.9. The van der Waals surface area contributed by atoms with Crippen LogP contribution in [0.25, 0.3) is 0 Å². The fourth-order valence-corrected chi connectivity index (χ4v) is 5.89. The van der Waals surface area contributed by atoms with Crippen LogP contribution in [0.5, 0.6) is 0 Å².